The number of para-hydroxylation sites is 1. The molecular weight excluding hydrogens is 336 g/mol. The molecule has 5 nitrogen and oxygen atoms in total. The number of rotatable bonds is 6. The van der Waals surface area contributed by atoms with E-state index in [0.717, 1.165) is 22.9 Å². The van der Waals surface area contributed by atoms with Gasteiger partial charge in [-0.25, -0.2) is 4.98 Å². The monoisotopic (exact) mass is 360 g/mol. The first-order chi connectivity index (χ1) is 12.9. The lowest BCUT2D eigenvalue weighted by atomic mass is 10.0. The van der Waals surface area contributed by atoms with E-state index in [4.69, 9.17) is 0 Å². The van der Waals surface area contributed by atoms with Gasteiger partial charge in [0, 0.05) is 28.7 Å². The molecule has 0 bridgehead atoms. The third-order valence-electron chi connectivity index (χ3n) is 4.22. The average Bonchev–Trinajstić information content (AvgIpc) is 2.61. The van der Waals surface area contributed by atoms with Gasteiger partial charge in [-0.1, -0.05) is 44.2 Å². The van der Waals surface area contributed by atoms with Crippen LogP contribution in [0.15, 0.2) is 54.6 Å². The van der Waals surface area contributed by atoms with E-state index in [2.05, 4.69) is 46.6 Å². The second-order valence-electron chi connectivity index (χ2n) is 6.85. The van der Waals surface area contributed by atoms with E-state index in [-0.39, 0.29) is 5.78 Å². The number of aromatic nitrogens is 2. The molecule has 0 aliphatic heterocycles. The highest BCUT2D eigenvalue weighted by Gasteiger charge is 2.09. The molecule has 0 spiro atoms. The van der Waals surface area contributed by atoms with Gasteiger partial charge in [0.15, 0.2) is 5.78 Å². The molecule has 0 atom stereocenters. The Bertz CT molecular complexity index is 966. The van der Waals surface area contributed by atoms with E-state index < -0.39 is 0 Å². The second-order valence-corrected chi connectivity index (χ2v) is 6.85. The fourth-order valence-corrected chi connectivity index (χ4v) is 2.89. The van der Waals surface area contributed by atoms with Crippen LogP contribution in [-0.2, 0) is 0 Å². The molecule has 5 heteroatoms. The fraction of sp³-hybridized carbons (Fsp3) is 0.227. The number of hydrogen-bond acceptors (Lipinski definition) is 5. The molecule has 3 aromatic rings. The minimum absolute atomic E-state index is 0.0245. The van der Waals surface area contributed by atoms with Gasteiger partial charge in [0.1, 0.15) is 5.82 Å². The van der Waals surface area contributed by atoms with Gasteiger partial charge < -0.3 is 10.6 Å². The lowest BCUT2D eigenvalue weighted by Crippen LogP contribution is -2.04. The van der Waals surface area contributed by atoms with E-state index in [1.54, 1.807) is 19.1 Å². The van der Waals surface area contributed by atoms with Crippen LogP contribution in [0.2, 0.25) is 0 Å². The van der Waals surface area contributed by atoms with Crippen LogP contribution in [0.4, 0.5) is 23.1 Å². The number of nitrogens with zero attached hydrogens (tertiary/aromatic N) is 2. The average molecular weight is 360 g/mol. The maximum absolute atomic E-state index is 11.6. The standard InChI is InChI=1S/C22H24N4O/c1-14(2)19-10-5-6-11-20(19)25-21-12-15(3)23-22(26-21)24-18-9-7-8-17(13-18)16(4)27/h5-14H,1-4H3,(H2,23,24,25,26). The molecule has 0 amide bonds. The molecule has 2 N–H and O–H groups in total. The number of carbonyl (C=O) groups excluding carboxylic acids is 1. The highest BCUT2D eigenvalue weighted by Crippen LogP contribution is 2.27. The zero-order chi connectivity index (χ0) is 19.4. The van der Waals surface area contributed by atoms with E-state index in [0.29, 0.717) is 17.4 Å². The SMILES string of the molecule is CC(=O)c1cccc(Nc2nc(C)cc(Nc3ccccc3C(C)C)n2)c1. The Morgan fingerprint density at radius 1 is 0.963 bits per heavy atom. The van der Waals surface area contributed by atoms with Crippen molar-refractivity contribution in [1.82, 2.24) is 9.97 Å². The first-order valence-electron chi connectivity index (χ1n) is 9.02. The molecule has 138 valence electrons. The summed E-state index contributed by atoms with van der Waals surface area (Å²) < 4.78 is 0. The lowest BCUT2D eigenvalue weighted by molar-refractivity contribution is 0.101. The molecule has 2 aromatic carbocycles. The molecular formula is C22H24N4O. The normalized spacial score (nSPS) is 10.7. The Kier molecular flexibility index (Phi) is 5.50. The van der Waals surface area contributed by atoms with Gasteiger partial charge in [0.05, 0.1) is 0 Å². The Morgan fingerprint density at radius 3 is 2.48 bits per heavy atom. The predicted molar refractivity (Wildman–Crippen MR) is 110 cm³/mol. The van der Waals surface area contributed by atoms with Crippen molar-refractivity contribution in [2.45, 2.75) is 33.6 Å². The summed E-state index contributed by atoms with van der Waals surface area (Å²) in [6, 6.07) is 17.5. The number of Topliss-reactive ketones (excluding diaryl/α,β-unsaturated/α-hetero) is 1. The quantitative estimate of drug-likeness (QED) is 0.560. The first-order valence-corrected chi connectivity index (χ1v) is 9.02. The molecule has 0 radical (unpaired) electrons. The Morgan fingerprint density at radius 2 is 1.74 bits per heavy atom. The van der Waals surface area contributed by atoms with Crippen molar-refractivity contribution in [3.8, 4) is 0 Å². The number of benzene rings is 2. The number of aryl methyl sites for hydroxylation is 1. The first kappa shape index (κ1) is 18.6. The van der Waals surface area contributed by atoms with Crippen molar-refractivity contribution in [2.24, 2.45) is 0 Å². The van der Waals surface area contributed by atoms with Crippen molar-refractivity contribution in [3.63, 3.8) is 0 Å². The lowest BCUT2D eigenvalue weighted by Gasteiger charge is -2.15. The predicted octanol–water partition coefficient (Wildman–Crippen LogP) is 5.60. The van der Waals surface area contributed by atoms with Crippen molar-refractivity contribution >= 4 is 28.9 Å². The van der Waals surface area contributed by atoms with Crippen LogP contribution in [0.1, 0.15) is 48.3 Å². The van der Waals surface area contributed by atoms with E-state index in [1.165, 1.54) is 5.56 Å². The molecule has 0 aliphatic carbocycles. The summed E-state index contributed by atoms with van der Waals surface area (Å²) >= 11 is 0. The zero-order valence-electron chi connectivity index (χ0n) is 16.1. The summed E-state index contributed by atoms with van der Waals surface area (Å²) in [5.41, 5.74) is 4.55. The summed E-state index contributed by atoms with van der Waals surface area (Å²) in [5.74, 6) is 1.64. The molecule has 0 fully saturated rings. The maximum Gasteiger partial charge on any atom is 0.229 e. The molecule has 0 saturated carbocycles. The third-order valence-corrected chi connectivity index (χ3v) is 4.22. The van der Waals surface area contributed by atoms with Crippen molar-refractivity contribution in [2.75, 3.05) is 10.6 Å². The van der Waals surface area contributed by atoms with Crippen LogP contribution in [0, 0.1) is 6.92 Å². The Labute approximate surface area is 159 Å². The third kappa shape index (κ3) is 4.70. The summed E-state index contributed by atoms with van der Waals surface area (Å²) in [6.07, 6.45) is 0. The van der Waals surface area contributed by atoms with E-state index in [9.17, 15) is 4.79 Å². The Balaban J connectivity index is 1.87. The molecule has 3 rings (SSSR count). The van der Waals surface area contributed by atoms with Gasteiger partial charge in [0.25, 0.3) is 0 Å². The van der Waals surface area contributed by atoms with Gasteiger partial charge >= 0.3 is 0 Å². The molecule has 0 aliphatic rings. The van der Waals surface area contributed by atoms with Crippen molar-refractivity contribution in [1.29, 1.82) is 0 Å². The van der Waals surface area contributed by atoms with Gasteiger partial charge in [-0.3, -0.25) is 4.79 Å². The molecule has 0 unspecified atom stereocenters. The molecule has 1 heterocycles. The summed E-state index contributed by atoms with van der Waals surface area (Å²) in [6.45, 7) is 7.82. The van der Waals surface area contributed by atoms with Crippen LogP contribution in [0.25, 0.3) is 0 Å². The topological polar surface area (TPSA) is 66.9 Å². The molecule has 1 aromatic heterocycles. The highest BCUT2D eigenvalue weighted by atomic mass is 16.1. The van der Waals surface area contributed by atoms with Gasteiger partial charge in [-0.15, -0.1) is 0 Å². The van der Waals surface area contributed by atoms with Gasteiger partial charge in [0.2, 0.25) is 5.95 Å². The number of ketones is 1. The molecule has 27 heavy (non-hydrogen) atoms. The number of hydrogen-bond donors (Lipinski definition) is 2. The summed E-state index contributed by atoms with van der Waals surface area (Å²) in [4.78, 5) is 20.6. The minimum atomic E-state index is 0.0245. The van der Waals surface area contributed by atoms with Gasteiger partial charge in [-0.05, 0) is 43.5 Å². The van der Waals surface area contributed by atoms with Crippen LogP contribution in [0.5, 0.6) is 0 Å². The van der Waals surface area contributed by atoms with Crippen LogP contribution < -0.4 is 10.6 Å². The number of anilines is 4. The zero-order valence-corrected chi connectivity index (χ0v) is 16.1. The number of carbonyl (C=O) groups is 1. The minimum Gasteiger partial charge on any atom is -0.340 e. The smallest absolute Gasteiger partial charge is 0.229 e. The molecule has 0 saturated heterocycles. The van der Waals surface area contributed by atoms with Crippen LogP contribution in [-0.4, -0.2) is 15.8 Å². The van der Waals surface area contributed by atoms with Crippen LogP contribution >= 0.6 is 0 Å². The highest BCUT2D eigenvalue weighted by molar-refractivity contribution is 5.95. The largest absolute Gasteiger partial charge is 0.340 e. The van der Waals surface area contributed by atoms with E-state index in [1.807, 2.05) is 37.3 Å². The van der Waals surface area contributed by atoms with Crippen LogP contribution in [0.3, 0.4) is 0 Å². The Hall–Kier alpha value is -3.21. The maximum atomic E-state index is 11.6. The fourth-order valence-electron chi connectivity index (χ4n) is 2.89. The summed E-state index contributed by atoms with van der Waals surface area (Å²) in [5, 5.41) is 6.59. The second kappa shape index (κ2) is 7.99. The van der Waals surface area contributed by atoms with E-state index >= 15 is 0 Å². The van der Waals surface area contributed by atoms with Crippen molar-refractivity contribution < 1.29 is 4.79 Å². The van der Waals surface area contributed by atoms with Gasteiger partial charge in [-0.2, -0.15) is 4.98 Å². The number of nitrogens with one attached hydrogen (secondary N) is 2. The summed E-state index contributed by atoms with van der Waals surface area (Å²) in [7, 11) is 0. The van der Waals surface area contributed by atoms with Crippen molar-refractivity contribution in [3.05, 3.63) is 71.4 Å².